The number of aryl methyl sites for hydroxylation is 2. The van der Waals surface area contributed by atoms with E-state index in [0.717, 1.165) is 28.4 Å². The van der Waals surface area contributed by atoms with E-state index in [-0.39, 0.29) is 21.7 Å². The molecule has 2 nitrogen and oxygen atoms in total. The Labute approximate surface area is 338 Å². The first-order valence-electron chi connectivity index (χ1n) is 20.6. The Bertz CT molecular complexity index is 2380. The summed E-state index contributed by atoms with van der Waals surface area (Å²) >= 11 is 0. The van der Waals surface area contributed by atoms with Gasteiger partial charge in [0.2, 0.25) is 0 Å². The normalized spacial score (nSPS) is 14.9. The lowest BCUT2D eigenvalue weighted by molar-refractivity contribution is 0.332. The summed E-state index contributed by atoms with van der Waals surface area (Å²) < 4.78 is 0. The summed E-state index contributed by atoms with van der Waals surface area (Å²) in [6.45, 7) is 27.9. The number of benzene rings is 6. The van der Waals surface area contributed by atoms with Crippen LogP contribution in [-0.2, 0) is 21.7 Å². The number of nitrogens with one attached hydrogen (secondary N) is 1. The molecule has 0 heterocycles. The van der Waals surface area contributed by atoms with Gasteiger partial charge in [-0.05, 0) is 147 Å². The summed E-state index contributed by atoms with van der Waals surface area (Å²) in [6, 6.07) is 48.0. The maximum Gasteiger partial charge on any atom is 0.0540 e. The minimum atomic E-state index is -0.0841. The Balaban J connectivity index is 1.46. The van der Waals surface area contributed by atoms with Crippen LogP contribution in [-0.4, -0.2) is 0 Å². The molecule has 0 aromatic heterocycles. The molecule has 1 aliphatic rings. The fourth-order valence-electron chi connectivity index (χ4n) is 8.50. The molecule has 1 N–H and O–H groups in total. The standard InChI is InChI=1S/C54H62N2/c1-36-21-24-46(37(2)29-36)39-19-16-20-44(30-39)56(50-26-22-40(51(3,4)5)33-47(50)38-17-14-13-15-18-38)45-32-41(52(6,7)8)31-43(34-45)55-42-23-25-48-49(35-42)54(11,12)28-27-53(48,9)10/h13-26,29-35,55H,27-28H2,1-12H3. The second kappa shape index (κ2) is 14.5. The first-order valence-corrected chi connectivity index (χ1v) is 20.6. The molecule has 6 aromatic carbocycles. The van der Waals surface area contributed by atoms with Gasteiger partial charge in [-0.15, -0.1) is 0 Å². The van der Waals surface area contributed by atoms with Crippen LogP contribution in [0.2, 0.25) is 0 Å². The summed E-state index contributed by atoms with van der Waals surface area (Å²) in [5.41, 5.74) is 18.8. The van der Waals surface area contributed by atoms with Crippen LogP contribution in [0.15, 0.2) is 127 Å². The molecule has 288 valence electrons. The van der Waals surface area contributed by atoms with Crippen LogP contribution in [0.4, 0.5) is 28.4 Å². The molecule has 0 atom stereocenters. The van der Waals surface area contributed by atoms with E-state index in [4.69, 9.17) is 0 Å². The van der Waals surface area contributed by atoms with Crippen LogP contribution in [0.25, 0.3) is 22.3 Å². The van der Waals surface area contributed by atoms with Crippen molar-refractivity contribution < 1.29 is 0 Å². The van der Waals surface area contributed by atoms with E-state index >= 15 is 0 Å². The van der Waals surface area contributed by atoms with Crippen molar-refractivity contribution in [3.63, 3.8) is 0 Å². The summed E-state index contributed by atoms with van der Waals surface area (Å²) in [5, 5.41) is 3.93. The smallest absolute Gasteiger partial charge is 0.0540 e. The first-order chi connectivity index (χ1) is 26.3. The molecule has 2 heteroatoms. The lowest BCUT2D eigenvalue weighted by atomic mass is 9.63. The molecule has 56 heavy (non-hydrogen) atoms. The Hall–Kier alpha value is -5.08. The molecule has 0 aliphatic heterocycles. The molecule has 0 saturated carbocycles. The highest BCUT2D eigenvalue weighted by Gasteiger charge is 2.37. The second-order valence-electron chi connectivity index (χ2n) is 19.7. The summed E-state index contributed by atoms with van der Waals surface area (Å²) in [5.74, 6) is 0. The maximum absolute atomic E-state index is 3.93. The van der Waals surface area contributed by atoms with E-state index in [9.17, 15) is 0 Å². The third-order valence-electron chi connectivity index (χ3n) is 12.2. The number of fused-ring (bicyclic) bond motifs is 1. The highest BCUT2D eigenvalue weighted by atomic mass is 15.1. The monoisotopic (exact) mass is 738 g/mol. The summed E-state index contributed by atoms with van der Waals surface area (Å²) in [7, 11) is 0. The van der Waals surface area contributed by atoms with Gasteiger partial charge in [0.1, 0.15) is 0 Å². The molecule has 7 rings (SSSR count). The van der Waals surface area contributed by atoms with Crippen molar-refractivity contribution in [1.29, 1.82) is 0 Å². The first kappa shape index (κ1) is 39.2. The zero-order valence-electron chi connectivity index (χ0n) is 36.0. The van der Waals surface area contributed by atoms with Gasteiger partial charge in [0, 0.05) is 28.3 Å². The zero-order chi connectivity index (χ0) is 40.2. The van der Waals surface area contributed by atoms with Crippen LogP contribution < -0.4 is 10.2 Å². The molecule has 6 aromatic rings. The molecule has 0 unspecified atom stereocenters. The van der Waals surface area contributed by atoms with E-state index in [1.165, 1.54) is 68.5 Å². The molecule has 0 radical (unpaired) electrons. The minimum Gasteiger partial charge on any atom is -0.355 e. The van der Waals surface area contributed by atoms with Gasteiger partial charge in [0.05, 0.1) is 5.69 Å². The van der Waals surface area contributed by atoms with Crippen LogP contribution in [0, 0.1) is 13.8 Å². The van der Waals surface area contributed by atoms with E-state index in [2.05, 4.69) is 221 Å². The lowest BCUT2D eigenvalue weighted by Crippen LogP contribution is -2.33. The predicted octanol–water partition coefficient (Wildman–Crippen LogP) is 15.8. The Morgan fingerprint density at radius 1 is 0.500 bits per heavy atom. The van der Waals surface area contributed by atoms with Gasteiger partial charge in [-0.25, -0.2) is 0 Å². The SMILES string of the molecule is Cc1ccc(-c2cccc(N(c3cc(Nc4ccc5c(c4)C(C)(C)CCC5(C)C)cc(C(C)(C)C)c3)c3ccc(C(C)(C)C)cc3-c3ccccc3)c2)c(C)c1. The third kappa shape index (κ3) is 7.94. The molecular weight excluding hydrogens is 677 g/mol. The lowest BCUT2D eigenvalue weighted by Gasteiger charge is -2.42. The summed E-state index contributed by atoms with van der Waals surface area (Å²) in [4.78, 5) is 2.49. The molecular formula is C54H62N2. The van der Waals surface area contributed by atoms with Gasteiger partial charge >= 0.3 is 0 Å². The number of anilines is 5. The number of hydrogen-bond acceptors (Lipinski definition) is 2. The van der Waals surface area contributed by atoms with E-state index < -0.39 is 0 Å². The largest absolute Gasteiger partial charge is 0.355 e. The topological polar surface area (TPSA) is 15.3 Å². The summed E-state index contributed by atoms with van der Waals surface area (Å²) in [6.07, 6.45) is 2.40. The highest BCUT2D eigenvalue weighted by molar-refractivity contribution is 5.91. The van der Waals surface area contributed by atoms with Gasteiger partial charge in [-0.2, -0.15) is 0 Å². The van der Waals surface area contributed by atoms with Crippen LogP contribution in [0.3, 0.4) is 0 Å². The third-order valence-corrected chi connectivity index (χ3v) is 12.2. The van der Waals surface area contributed by atoms with Crippen molar-refractivity contribution in [2.24, 2.45) is 0 Å². The molecule has 0 amide bonds. The number of hydrogen-bond donors (Lipinski definition) is 1. The number of nitrogens with zero attached hydrogens (tertiary/aromatic N) is 1. The molecule has 0 spiro atoms. The quantitative estimate of drug-likeness (QED) is 0.175. The molecule has 0 saturated heterocycles. The maximum atomic E-state index is 3.93. The second-order valence-corrected chi connectivity index (χ2v) is 19.7. The number of rotatable bonds is 7. The van der Waals surface area contributed by atoms with Gasteiger partial charge in [0.15, 0.2) is 0 Å². The molecule has 1 aliphatic carbocycles. The van der Waals surface area contributed by atoms with Gasteiger partial charge < -0.3 is 10.2 Å². The van der Waals surface area contributed by atoms with Gasteiger partial charge in [-0.3, -0.25) is 0 Å². The van der Waals surface area contributed by atoms with Crippen molar-refractivity contribution in [2.75, 3.05) is 10.2 Å². The minimum absolute atomic E-state index is 0.00231. The Kier molecular flexibility index (Phi) is 10.1. The van der Waals surface area contributed by atoms with Crippen molar-refractivity contribution in [2.45, 2.75) is 118 Å². The van der Waals surface area contributed by atoms with Crippen LogP contribution >= 0.6 is 0 Å². The average Bonchev–Trinajstić information content (AvgIpc) is 3.13. The van der Waals surface area contributed by atoms with Gasteiger partial charge in [0.25, 0.3) is 0 Å². The van der Waals surface area contributed by atoms with Crippen LogP contribution in [0.5, 0.6) is 0 Å². The van der Waals surface area contributed by atoms with Crippen molar-refractivity contribution in [1.82, 2.24) is 0 Å². The molecule has 0 fully saturated rings. The average molecular weight is 739 g/mol. The Morgan fingerprint density at radius 3 is 1.86 bits per heavy atom. The fraction of sp³-hybridized carbons (Fsp3) is 0.333. The zero-order valence-corrected chi connectivity index (χ0v) is 36.0. The van der Waals surface area contributed by atoms with E-state index in [1.807, 2.05) is 0 Å². The Morgan fingerprint density at radius 2 is 1.18 bits per heavy atom. The predicted molar refractivity (Wildman–Crippen MR) is 244 cm³/mol. The van der Waals surface area contributed by atoms with Crippen molar-refractivity contribution >= 4 is 28.4 Å². The van der Waals surface area contributed by atoms with Gasteiger partial charge in [-0.1, -0.05) is 148 Å². The van der Waals surface area contributed by atoms with Crippen molar-refractivity contribution in [3.05, 3.63) is 161 Å². The van der Waals surface area contributed by atoms with E-state index in [0.29, 0.717) is 0 Å². The van der Waals surface area contributed by atoms with Crippen molar-refractivity contribution in [3.8, 4) is 22.3 Å². The van der Waals surface area contributed by atoms with E-state index in [1.54, 1.807) is 0 Å². The highest BCUT2D eigenvalue weighted by Crippen LogP contribution is 2.48. The molecule has 0 bridgehead atoms. The van der Waals surface area contributed by atoms with Crippen LogP contribution in [0.1, 0.15) is 115 Å². The fourth-order valence-corrected chi connectivity index (χ4v) is 8.50.